The van der Waals surface area contributed by atoms with Crippen molar-refractivity contribution < 1.29 is 19.8 Å². The van der Waals surface area contributed by atoms with Gasteiger partial charge in [-0.3, -0.25) is 4.79 Å². The van der Waals surface area contributed by atoms with Crippen LogP contribution in [0.1, 0.15) is 31.7 Å². The summed E-state index contributed by atoms with van der Waals surface area (Å²) >= 11 is 4.17. The van der Waals surface area contributed by atoms with Gasteiger partial charge in [-0.1, -0.05) is 12.1 Å². The molecule has 0 amide bonds. The molecule has 22 heavy (non-hydrogen) atoms. The van der Waals surface area contributed by atoms with Gasteiger partial charge in [0.2, 0.25) is 0 Å². The second-order valence-electron chi connectivity index (χ2n) is 5.20. The van der Waals surface area contributed by atoms with Gasteiger partial charge in [0, 0.05) is 18.7 Å². The van der Waals surface area contributed by atoms with Gasteiger partial charge in [0.25, 0.3) is 0 Å². The maximum Gasteiger partial charge on any atom is 0.326 e. The van der Waals surface area contributed by atoms with Crippen LogP contribution in [-0.4, -0.2) is 40.5 Å². The molecule has 0 spiro atoms. The van der Waals surface area contributed by atoms with Crippen LogP contribution in [0.5, 0.6) is 0 Å². The van der Waals surface area contributed by atoms with Gasteiger partial charge in [0.05, 0.1) is 0 Å². The van der Waals surface area contributed by atoms with E-state index in [1.165, 1.54) is 0 Å². The third kappa shape index (κ3) is 5.97. The monoisotopic (exact) mass is 325 g/mol. The van der Waals surface area contributed by atoms with Crippen LogP contribution in [0.4, 0.5) is 5.69 Å². The Morgan fingerprint density at radius 2 is 1.82 bits per heavy atom. The first-order valence-corrected chi connectivity index (χ1v) is 8.00. The van der Waals surface area contributed by atoms with E-state index in [0.717, 1.165) is 29.8 Å². The minimum atomic E-state index is -0.860. The number of benzene rings is 1. The molecule has 0 heterocycles. The van der Waals surface area contributed by atoms with Gasteiger partial charge >= 0.3 is 11.9 Å². The molecule has 0 unspecified atom stereocenters. The van der Waals surface area contributed by atoms with E-state index in [0.29, 0.717) is 13.0 Å². The number of carboxylic acids is 2. The maximum atomic E-state index is 11.3. The van der Waals surface area contributed by atoms with Crippen LogP contribution >= 0.6 is 12.6 Å². The first-order valence-electron chi connectivity index (χ1n) is 7.36. The zero-order valence-electron chi connectivity index (χ0n) is 12.7. The molecule has 0 aliphatic carbocycles. The summed E-state index contributed by atoms with van der Waals surface area (Å²) in [6.07, 6.45) is 2.38. The Labute approximate surface area is 136 Å². The summed E-state index contributed by atoms with van der Waals surface area (Å²) in [6, 6.07) is 6.83. The summed E-state index contributed by atoms with van der Waals surface area (Å²) in [5, 5.41) is 17.9. The molecule has 1 aromatic rings. The number of unbranched alkanes of at least 4 members (excludes halogenated alkanes) is 1. The lowest BCUT2D eigenvalue weighted by molar-refractivity contribution is -0.138. The van der Waals surface area contributed by atoms with Crippen molar-refractivity contribution in [3.05, 3.63) is 29.8 Å². The number of rotatable bonds is 10. The Balaban J connectivity index is 2.80. The molecule has 0 saturated carbocycles. The first kappa shape index (κ1) is 18.4. The largest absolute Gasteiger partial charge is 0.481 e. The molecule has 0 radical (unpaired) electrons. The summed E-state index contributed by atoms with van der Waals surface area (Å²) in [5.74, 6) is -0.901. The van der Waals surface area contributed by atoms with Crippen LogP contribution in [0, 0.1) is 0 Å². The predicted molar refractivity (Wildman–Crippen MR) is 89.9 cm³/mol. The van der Waals surface area contributed by atoms with Gasteiger partial charge < -0.3 is 15.1 Å². The highest BCUT2D eigenvalue weighted by molar-refractivity contribution is 7.80. The summed E-state index contributed by atoms with van der Waals surface area (Å²) in [5.41, 5.74) is 1.78. The number of thiol groups is 1. The van der Waals surface area contributed by atoms with Crippen LogP contribution < -0.4 is 4.90 Å². The lowest BCUT2D eigenvalue weighted by Crippen LogP contribution is -2.39. The number of hydrogen-bond acceptors (Lipinski definition) is 4. The number of aliphatic carboxylic acids is 2. The van der Waals surface area contributed by atoms with E-state index in [-0.39, 0.29) is 6.42 Å². The molecular weight excluding hydrogens is 302 g/mol. The highest BCUT2D eigenvalue weighted by Gasteiger charge is 2.20. The van der Waals surface area contributed by atoms with Gasteiger partial charge in [-0.05, 0) is 49.6 Å². The normalized spacial score (nSPS) is 11.9. The number of nitrogens with zero attached hydrogens (tertiary/aromatic N) is 1. The molecule has 2 N–H and O–H groups in total. The zero-order chi connectivity index (χ0) is 16.5. The molecule has 5 nitrogen and oxygen atoms in total. The number of aryl methyl sites for hydroxylation is 1. The van der Waals surface area contributed by atoms with E-state index in [1.807, 2.05) is 29.2 Å². The van der Waals surface area contributed by atoms with Crippen molar-refractivity contribution in [1.82, 2.24) is 0 Å². The average Bonchev–Trinajstić information content (AvgIpc) is 2.49. The highest BCUT2D eigenvalue weighted by Crippen LogP contribution is 2.20. The quantitative estimate of drug-likeness (QED) is 0.455. The molecule has 0 aromatic heterocycles. The van der Waals surface area contributed by atoms with Gasteiger partial charge in [-0.25, -0.2) is 4.79 Å². The van der Waals surface area contributed by atoms with Crippen molar-refractivity contribution in [2.24, 2.45) is 0 Å². The second kappa shape index (κ2) is 9.35. The Bertz CT molecular complexity index is 489. The van der Waals surface area contributed by atoms with E-state index in [2.05, 4.69) is 12.6 Å². The Hall–Kier alpha value is -1.69. The standard InChI is InChI=1S/C16H23NO4S/c1-12(16(20)21)17(10-2-3-11-22)14-7-4-13(5-8-14)6-9-15(18)19/h4-5,7-8,12,22H,2-3,6,9-11H2,1H3,(H,18,19)(H,20,21)/t12-/m0/s1. The molecule has 0 aliphatic heterocycles. The summed E-state index contributed by atoms with van der Waals surface area (Å²) in [7, 11) is 0. The van der Waals surface area contributed by atoms with Crippen molar-refractivity contribution >= 4 is 30.3 Å². The Kier molecular flexibility index (Phi) is 7.80. The van der Waals surface area contributed by atoms with Crippen LogP contribution in [0.2, 0.25) is 0 Å². The molecule has 0 aliphatic rings. The molecule has 0 saturated heterocycles. The molecule has 1 rings (SSSR count). The number of hydrogen-bond donors (Lipinski definition) is 3. The number of anilines is 1. The Morgan fingerprint density at radius 3 is 2.32 bits per heavy atom. The molecule has 0 bridgehead atoms. The number of carbonyl (C=O) groups is 2. The lowest BCUT2D eigenvalue weighted by Gasteiger charge is -2.29. The fraction of sp³-hybridized carbons (Fsp3) is 0.500. The van der Waals surface area contributed by atoms with Crippen molar-refractivity contribution in [1.29, 1.82) is 0 Å². The zero-order valence-corrected chi connectivity index (χ0v) is 13.6. The first-order chi connectivity index (χ1) is 10.5. The minimum absolute atomic E-state index is 0.0938. The highest BCUT2D eigenvalue weighted by atomic mass is 32.1. The summed E-state index contributed by atoms with van der Waals surface area (Å²) in [4.78, 5) is 23.7. The van der Waals surface area contributed by atoms with Gasteiger partial charge in [0.15, 0.2) is 0 Å². The van der Waals surface area contributed by atoms with Gasteiger partial charge in [0.1, 0.15) is 6.04 Å². The molecule has 0 fully saturated rings. The van der Waals surface area contributed by atoms with E-state index >= 15 is 0 Å². The Morgan fingerprint density at radius 1 is 1.18 bits per heavy atom. The fourth-order valence-corrected chi connectivity index (χ4v) is 2.40. The maximum absolute atomic E-state index is 11.3. The number of carboxylic acid groups (broad SMARTS) is 2. The van der Waals surface area contributed by atoms with Crippen molar-refractivity contribution in [2.75, 3.05) is 17.2 Å². The van der Waals surface area contributed by atoms with Crippen LogP contribution in [-0.2, 0) is 16.0 Å². The molecule has 6 heteroatoms. The summed E-state index contributed by atoms with van der Waals surface area (Å²) < 4.78 is 0. The molecular formula is C16H23NO4S. The van der Waals surface area contributed by atoms with Crippen LogP contribution in [0.25, 0.3) is 0 Å². The average molecular weight is 325 g/mol. The van der Waals surface area contributed by atoms with Crippen LogP contribution in [0.3, 0.4) is 0 Å². The summed E-state index contributed by atoms with van der Waals surface area (Å²) in [6.45, 7) is 2.32. The molecule has 1 atom stereocenters. The van der Waals surface area contributed by atoms with Crippen molar-refractivity contribution in [3.63, 3.8) is 0 Å². The second-order valence-corrected chi connectivity index (χ2v) is 5.65. The minimum Gasteiger partial charge on any atom is -0.481 e. The smallest absolute Gasteiger partial charge is 0.326 e. The lowest BCUT2D eigenvalue weighted by atomic mass is 10.1. The van der Waals surface area contributed by atoms with E-state index in [9.17, 15) is 14.7 Å². The molecule has 122 valence electrons. The van der Waals surface area contributed by atoms with Gasteiger partial charge in [-0.2, -0.15) is 12.6 Å². The van der Waals surface area contributed by atoms with E-state index in [1.54, 1.807) is 6.92 Å². The van der Waals surface area contributed by atoms with Crippen LogP contribution in [0.15, 0.2) is 24.3 Å². The van der Waals surface area contributed by atoms with E-state index < -0.39 is 18.0 Å². The van der Waals surface area contributed by atoms with Crippen molar-refractivity contribution in [2.45, 2.75) is 38.6 Å². The topological polar surface area (TPSA) is 77.8 Å². The SMILES string of the molecule is C[C@@H](C(=O)O)N(CCCCS)c1ccc(CCC(=O)O)cc1. The third-order valence-corrected chi connectivity index (χ3v) is 3.84. The van der Waals surface area contributed by atoms with Crippen molar-refractivity contribution in [3.8, 4) is 0 Å². The van der Waals surface area contributed by atoms with Gasteiger partial charge in [-0.15, -0.1) is 0 Å². The predicted octanol–water partition coefficient (Wildman–Crippen LogP) is 2.69. The molecule has 1 aromatic carbocycles. The van der Waals surface area contributed by atoms with E-state index in [4.69, 9.17) is 5.11 Å². The fourth-order valence-electron chi connectivity index (χ4n) is 2.18. The third-order valence-electron chi connectivity index (χ3n) is 3.53.